The Bertz CT molecular complexity index is 428. The van der Waals surface area contributed by atoms with Crippen molar-refractivity contribution in [3.63, 3.8) is 0 Å². The summed E-state index contributed by atoms with van der Waals surface area (Å²) in [6.45, 7) is 1.92. The first kappa shape index (κ1) is 11.2. The summed E-state index contributed by atoms with van der Waals surface area (Å²) in [5.41, 5.74) is 0.694. The first-order chi connectivity index (χ1) is 7.79. The van der Waals surface area contributed by atoms with Crippen molar-refractivity contribution in [2.24, 2.45) is 0 Å². The minimum absolute atomic E-state index is 0.485. The van der Waals surface area contributed by atoms with Crippen molar-refractivity contribution in [2.75, 3.05) is 0 Å². The highest BCUT2D eigenvalue weighted by atomic mass is 32.2. The van der Waals surface area contributed by atoms with Gasteiger partial charge in [-0.3, -0.25) is 4.98 Å². The number of oxazole rings is 1. The second-order valence-corrected chi connectivity index (χ2v) is 4.27. The molecule has 2 rings (SSSR count). The zero-order valence-electron chi connectivity index (χ0n) is 8.83. The van der Waals surface area contributed by atoms with Crippen molar-refractivity contribution >= 4 is 11.8 Å². The average Bonchev–Trinajstić information content (AvgIpc) is 2.82. The molecule has 2 aromatic heterocycles. The van der Waals surface area contributed by atoms with Crippen LogP contribution in [0.2, 0.25) is 0 Å². The van der Waals surface area contributed by atoms with Gasteiger partial charge in [0, 0.05) is 11.1 Å². The first-order valence-electron chi connectivity index (χ1n) is 5.01. The summed E-state index contributed by atoms with van der Waals surface area (Å²) in [7, 11) is 0. The molecule has 1 unspecified atom stereocenters. The maximum atomic E-state index is 9.58. The lowest BCUT2D eigenvalue weighted by atomic mass is 10.2. The van der Waals surface area contributed by atoms with Gasteiger partial charge in [0.05, 0.1) is 18.0 Å². The Morgan fingerprint density at radius 1 is 1.44 bits per heavy atom. The van der Waals surface area contributed by atoms with Crippen molar-refractivity contribution in [2.45, 2.75) is 29.6 Å². The molecule has 0 aliphatic carbocycles. The lowest BCUT2D eigenvalue weighted by Crippen LogP contribution is -1.97. The molecule has 84 valence electrons. The molecule has 1 N–H and O–H groups in total. The van der Waals surface area contributed by atoms with Crippen LogP contribution in [0.3, 0.4) is 0 Å². The SMILES string of the molecule is CCC(O)c1ccc(Sc2ncco2)cn1. The molecule has 0 aliphatic rings. The van der Waals surface area contributed by atoms with Crippen LogP contribution in [0.5, 0.6) is 0 Å². The van der Waals surface area contributed by atoms with Gasteiger partial charge in [-0.15, -0.1) is 0 Å². The van der Waals surface area contributed by atoms with Crippen LogP contribution in [-0.2, 0) is 0 Å². The third-order valence-corrected chi connectivity index (χ3v) is 2.96. The molecule has 0 bridgehead atoms. The fourth-order valence-corrected chi connectivity index (χ4v) is 1.88. The van der Waals surface area contributed by atoms with Crippen molar-refractivity contribution in [1.82, 2.24) is 9.97 Å². The van der Waals surface area contributed by atoms with E-state index in [-0.39, 0.29) is 0 Å². The van der Waals surface area contributed by atoms with E-state index in [1.165, 1.54) is 18.0 Å². The highest BCUT2D eigenvalue weighted by Gasteiger charge is 2.07. The van der Waals surface area contributed by atoms with E-state index in [0.29, 0.717) is 17.3 Å². The maximum absolute atomic E-state index is 9.58. The van der Waals surface area contributed by atoms with Gasteiger partial charge in [0.25, 0.3) is 5.22 Å². The van der Waals surface area contributed by atoms with Gasteiger partial charge in [0.2, 0.25) is 0 Å². The molecule has 0 fully saturated rings. The molecule has 0 amide bonds. The molecule has 0 saturated carbocycles. The third kappa shape index (κ3) is 2.62. The first-order valence-corrected chi connectivity index (χ1v) is 5.82. The molecule has 1 atom stereocenters. The summed E-state index contributed by atoms with van der Waals surface area (Å²) in [5, 5.41) is 10.2. The van der Waals surface area contributed by atoms with Crippen LogP contribution in [0, 0.1) is 0 Å². The molecule has 0 spiro atoms. The van der Waals surface area contributed by atoms with Crippen LogP contribution in [0.15, 0.2) is 45.3 Å². The second kappa shape index (κ2) is 5.14. The fraction of sp³-hybridized carbons (Fsp3) is 0.273. The van der Waals surface area contributed by atoms with Gasteiger partial charge in [-0.2, -0.15) is 0 Å². The predicted octanol–water partition coefficient (Wildman–Crippen LogP) is 2.66. The van der Waals surface area contributed by atoms with Crippen molar-refractivity contribution in [3.8, 4) is 0 Å². The topological polar surface area (TPSA) is 59.2 Å². The van der Waals surface area contributed by atoms with Gasteiger partial charge in [0.15, 0.2) is 0 Å². The molecule has 0 aliphatic heterocycles. The van der Waals surface area contributed by atoms with Crippen molar-refractivity contribution in [1.29, 1.82) is 0 Å². The van der Waals surface area contributed by atoms with E-state index >= 15 is 0 Å². The summed E-state index contributed by atoms with van der Waals surface area (Å²) in [5.74, 6) is 0. The molecule has 2 heterocycles. The summed E-state index contributed by atoms with van der Waals surface area (Å²) < 4.78 is 5.11. The van der Waals surface area contributed by atoms with E-state index in [0.717, 1.165) is 4.90 Å². The Balaban J connectivity index is 2.07. The molecule has 2 aromatic rings. The zero-order valence-corrected chi connectivity index (χ0v) is 9.65. The van der Waals surface area contributed by atoms with Gasteiger partial charge < -0.3 is 9.52 Å². The Kier molecular flexibility index (Phi) is 3.58. The van der Waals surface area contributed by atoms with E-state index in [9.17, 15) is 5.11 Å². The van der Waals surface area contributed by atoms with E-state index in [4.69, 9.17) is 4.42 Å². The number of hydrogen-bond donors (Lipinski definition) is 1. The number of pyridine rings is 1. The monoisotopic (exact) mass is 236 g/mol. The van der Waals surface area contributed by atoms with Crippen LogP contribution in [0.1, 0.15) is 25.1 Å². The molecular weight excluding hydrogens is 224 g/mol. The Labute approximate surface area is 97.7 Å². The number of aromatic nitrogens is 2. The third-order valence-electron chi connectivity index (χ3n) is 2.10. The van der Waals surface area contributed by atoms with E-state index in [1.807, 2.05) is 19.1 Å². The Morgan fingerprint density at radius 3 is 2.88 bits per heavy atom. The standard InChI is InChI=1S/C11H12N2O2S/c1-2-10(14)9-4-3-8(7-13-9)16-11-12-5-6-15-11/h3-7,10,14H,2H2,1H3. The highest BCUT2D eigenvalue weighted by Crippen LogP contribution is 2.26. The minimum Gasteiger partial charge on any atom is -0.440 e. The van der Waals surface area contributed by atoms with E-state index < -0.39 is 6.10 Å². The van der Waals surface area contributed by atoms with Gasteiger partial charge >= 0.3 is 0 Å². The number of rotatable bonds is 4. The number of nitrogens with zero attached hydrogens (tertiary/aromatic N) is 2. The molecule has 16 heavy (non-hydrogen) atoms. The molecule has 0 saturated heterocycles. The summed E-state index contributed by atoms with van der Waals surface area (Å²) in [4.78, 5) is 9.13. The van der Waals surface area contributed by atoms with E-state index in [1.54, 1.807) is 12.4 Å². The summed E-state index contributed by atoms with van der Waals surface area (Å²) in [6, 6.07) is 3.72. The predicted molar refractivity (Wildman–Crippen MR) is 60.1 cm³/mol. The van der Waals surface area contributed by atoms with Crippen molar-refractivity contribution in [3.05, 3.63) is 36.5 Å². The van der Waals surface area contributed by atoms with Crippen molar-refractivity contribution < 1.29 is 9.52 Å². The second-order valence-electron chi connectivity index (χ2n) is 3.24. The van der Waals surface area contributed by atoms with Gasteiger partial charge in [-0.1, -0.05) is 6.92 Å². The molecule has 5 heteroatoms. The van der Waals surface area contributed by atoms with Gasteiger partial charge in [-0.05, 0) is 30.3 Å². The van der Waals surface area contributed by atoms with E-state index in [2.05, 4.69) is 9.97 Å². The molecule has 0 aromatic carbocycles. The quantitative estimate of drug-likeness (QED) is 0.884. The number of hydrogen-bond acceptors (Lipinski definition) is 5. The highest BCUT2D eigenvalue weighted by molar-refractivity contribution is 7.99. The zero-order chi connectivity index (χ0) is 11.4. The lowest BCUT2D eigenvalue weighted by molar-refractivity contribution is 0.169. The van der Waals surface area contributed by atoms with Gasteiger partial charge in [-0.25, -0.2) is 4.98 Å². The van der Waals surface area contributed by atoms with Crippen LogP contribution >= 0.6 is 11.8 Å². The maximum Gasteiger partial charge on any atom is 0.260 e. The fourth-order valence-electron chi connectivity index (χ4n) is 1.22. The van der Waals surface area contributed by atoms with Crippen LogP contribution in [0.25, 0.3) is 0 Å². The average molecular weight is 236 g/mol. The largest absolute Gasteiger partial charge is 0.440 e. The van der Waals surface area contributed by atoms with Gasteiger partial charge in [0.1, 0.15) is 6.26 Å². The Hall–Kier alpha value is -1.33. The van der Waals surface area contributed by atoms with Crippen LogP contribution < -0.4 is 0 Å². The molecule has 0 radical (unpaired) electrons. The van der Waals surface area contributed by atoms with Crippen LogP contribution in [0.4, 0.5) is 0 Å². The number of aliphatic hydroxyl groups is 1. The lowest BCUT2D eigenvalue weighted by Gasteiger charge is -2.06. The summed E-state index contributed by atoms with van der Waals surface area (Å²) in [6.07, 6.45) is 5.03. The number of aliphatic hydroxyl groups excluding tert-OH is 1. The molecular formula is C11H12N2O2S. The Morgan fingerprint density at radius 2 is 2.31 bits per heavy atom. The smallest absolute Gasteiger partial charge is 0.260 e. The van der Waals surface area contributed by atoms with Crippen LogP contribution in [-0.4, -0.2) is 15.1 Å². The minimum atomic E-state index is -0.485. The molecule has 4 nitrogen and oxygen atoms in total. The summed E-state index contributed by atoms with van der Waals surface area (Å²) >= 11 is 1.40. The normalized spacial score (nSPS) is 12.6.